The molecule has 0 aliphatic heterocycles. The Labute approximate surface area is 408 Å². The third kappa shape index (κ3) is 7.22. The SMILES string of the molecule is c1ccc(-c2cc(-c3cccc(N(c4ccc(-c5cccc(-c6ccccc6)c5-n5c6ccccc6c6ccccc65)cc4)c4cccc(-c5cccc6ccccc56)c4)c3)c3ccccc3c2)cc1. The van der Waals surface area contributed by atoms with Crippen LogP contribution in [0.3, 0.4) is 0 Å². The number of anilines is 3. The van der Waals surface area contributed by atoms with Gasteiger partial charge >= 0.3 is 0 Å². The van der Waals surface area contributed by atoms with E-state index in [9.17, 15) is 0 Å². The molecule has 0 saturated heterocycles. The normalized spacial score (nSPS) is 11.4. The van der Waals surface area contributed by atoms with Crippen LogP contribution in [0.2, 0.25) is 0 Å². The molecule has 0 fully saturated rings. The highest BCUT2D eigenvalue weighted by Gasteiger charge is 2.21. The molecule has 13 rings (SSSR count). The molecule has 0 bridgehead atoms. The molecule has 13 aromatic rings. The van der Waals surface area contributed by atoms with E-state index in [4.69, 9.17) is 0 Å². The molecule has 0 spiro atoms. The van der Waals surface area contributed by atoms with E-state index < -0.39 is 0 Å². The number of para-hydroxylation sites is 3. The van der Waals surface area contributed by atoms with E-state index in [1.807, 2.05) is 0 Å². The molecule has 0 amide bonds. The van der Waals surface area contributed by atoms with E-state index in [-0.39, 0.29) is 0 Å². The van der Waals surface area contributed by atoms with Crippen molar-refractivity contribution in [1.29, 1.82) is 0 Å². The first-order valence-corrected chi connectivity index (χ1v) is 24.1. The lowest BCUT2D eigenvalue weighted by atomic mass is 9.92. The number of hydrogen-bond acceptors (Lipinski definition) is 1. The molecular formula is C68H46N2. The van der Waals surface area contributed by atoms with Crippen molar-refractivity contribution in [1.82, 2.24) is 4.57 Å². The molecule has 0 unspecified atom stereocenters. The number of hydrogen-bond donors (Lipinski definition) is 0. The smallest absolute Gasteiger partial charge is 0.0618 e. The first-order chi connectivity index (χ1) is 34.7. The Balaban J connectivity index is 0.995. The quantitative estimate of drug-likeness (QED) is 0.140. The van der Waals surface area contributed by atoms with Crippen LogP contribution in [0.25, 0.3) is 105 Å². The van der Waals surface area contributed by atoms with E-state index in [0.29, 0.717) is 0 Å². The summed E-state index contributed by atoms with van der Waals surface area (Å²) in [6.07, 6.45) is 0. The second-order valence-electron chi connectivity index (χ2n) is 18.1. The molecule has 0 saturated carbocycles. The van der Waals surface area contributed by atoms with Crippen molar-refractivity contribution in [2.75, 3.05) is 4.90 Å². The minimum Gasteiger partial charge on any atom is -0.310 e. The van der Waals surface area contributed by atoms with Gasteiger partial charge in [-0.1, -0.05) is 218 Å². The lowest BCUT2D eigenvalue weighted by Gasteiger charge is -2.27. The molecule has 2 heteroatoms. The van der Waals surface area contributed by atoms with Gasteiger partial charge in [0, 0.05) is 39.0 Å². The van der Waals surface area contributed by atoms with Crippen LogP contribution in [0.1, 0.15) is 0 Å². The third-order valence-corrected chi connectivity index (χ3v) is 14.0. The monoisotopic (exact) mass is 890 g/mol. The molecule has 0 radical (unpaired) electrons. The molecule has 12 aromatic carbocycles. The fourth-order valence-corrected chi connectivity index (χ4v) is 10.7. The van der Waals surface area contributed by atoms with Gasteiger partial charge in [0.25, 0.3) is 0 Å². The minimum atomic E-state index is 1.07. The van der Waals surface area contributed by atoms with Gasteiger partial charge in [0.05, 0.1) is 16.7 Å². The van der Waals surface area contributed by atoms with E-state index in [1.54, 1.807) is 0 Å². The molecule has 0 aliphatic carbocycles. The van der Waals surface area contributed by atoms with Crippen molar-refractivity contribution in [2.24, 2.45) is 0 Å². The first-order valence-electron chi connectivity index (χ1n) is 24.1. The van der Waals surface area contributed by atoms with E-state index in [0.717, 1.165) is 39.4 Å². The Morgan fingerprint density at radius 3 is 1.31 bits per heavy atom. The highest BCUT2D eigenvalue weighted by Crippen LogP contribution is 2.45. The molecule has 0 N–H and O–H groups in total. The standard InChI is InChI=1S/C68H46N2/c1-3-19-47(20-4-1)54-43-51-24-8-10-31-60(51)65(46-54)53-27-16-29-57(45-53)69(56-28-15-26-52(44-56)59-34-17-25-48-23-7-9-30-58(48)59)55-41-39-50(40-42-55)62-36-18-35-61(49-21-5-2-6-22-49)68(62)70-66-37-13-11-32-63(66)64-33-12-14-38-67(64)70/h1-46H. The van der Waals surface area contributed by atoms with Crippen molar-refractivity contribution >= 4 is 60.4 Å². The molecule has 328 valence electrons. The van der Waals surface area contributed by atoms with Gasteiger partial charge in [-0.25, -0.2) is 0 Å². The Bertz CT molecular complexity index is 3990. The molecule has 2 nitrogen and oxygen atoms in total. The summed E-state index contributed by atoms with van der Waals surface area (Å²) < 4.78 is 2.48. The maximum Gasteiger partial charge on any atom is 0.0618 e. The van der Waals surface area contributed by atoms with Gasteiger partial charge in [-0.15, -0.1) is 0 Å². The van der Waals surface area contributed by atoms with Crippen LogP contribution < -0.4 is 4.90 Å². The topological polar surface area (TPSA) is 8.17 Å². The van der Waals surface area contributed by atoms with Gasteiger partial charge in [-0.3, -0.25) is 0 Å². The maximum atomic E-state index is 2.48. The first kappa shape index (κ1) is 41.0. The minimum absolute atomic E-state index is 1.07. The molecule has 1 aromatic heterocycles. The van der Waals surface area contributed by atoms with Crippen LogP contribution in [0.5, 0.6) is 0 Å². The molecular weight excluding hydrogens is 845 g/mol. The maximum absolute atomic E-state index is 2.48. The second-order valence-corrected chi connectivity index (χ2v) is 18.1. The van der Waals surface area contributed by atoms with Crippen LogP contribution >= 0.6 is 0 Å². The van der Waals surface area contributed by atoms with Crippen LogP contribution in [0, 0.1) is 0 Å². The summed E-state index contributed by atoms with van der Waals surface area (Å²) in [4.78, 5) is 2.42. The highest BCUT2D eigenvalue weighted by atomic mass is 15.1. The zero-order chi connectivity index (χ0) is 46.4. The van der Waals surface area contributed by atoms with Crippen LogP contribution in [0.4, 0.5) is 17.1 Å². The Hall–Kier alpha value is -9.24. The summed E-state index contributed by atoms with van der Waals surface area (Å²) in [5.41, 5.74) is 18.6. The van der Waals surface area contributed by atoms with E-state index in [1.165, 1.54) is 82.3 Å². The zero-order valence-corrected chi connectivity index (χ0v) is 38.5. The number of aromatic nitrogens is 1. The molecule has 0 aliphatic rings. The van der Waals surface area contributed by atoms with Crippen molar-refractivity contribution in [3.05, 3.63) is 279 Å². The molecule has 1 heterocycles. The average Bonchev–Trinajstić information content (AvgIpc) is 3.77. The summed E-state index contributed by atoms with van der Waals surface area (Å²) in [6, 6.07) is 102. The largest absolute Gasteiger partial charge is 0.310 e. The second kappa shape index (κ2) is 17.4. The number of fused-ring (bicyclic) bond motifs is 5. The predicted octanol–water partition coefficient (Wildman–Crippen LogP) is 18.9. The predicted molar refractivity (Wildman–Crippen MR) is 298 cm³/mol. The number of benzene rings is 12. The van der Waals surface area contributed by atoms with Gasteiger partial charge < -0.3 is 9.47 Å². The average molecular weight is 891 g/mol. The number of nitrogens with zero attached hydrogens (tertiary/aromatic N) is 2. The summed E-state index contributed by atoms with van der Waals surface area (Å²) in [6.45, 7) is 0. The van der Waals surface area contributed by atoms with Crippen LogP contribution in [0.15, 0.2) is 279 Å². The Morgan fingerprint density at radius 2 is 0.671 bits per heavy atom. The fraction of sp³-hybridized carbons (Fsp3) is 0. The van der Waals surface area contributed by atoms with Crippen LogP contribution in [-0.2, 0) is 0 Å². The fourth-order valence-electron chi connectivity index (χ4n) is 10.7. The summed E-state index contributed by atoms with van der Waals surface area (Å²) in [5, 5.41) is 7.39. The summed E-state index contributed by atoms with van der Waals surface area (Å²) in [7, 11) is 0. The van der Waals surface area contributed by atoms with E-state index >= 15 is 0 Å². The van der Waals surface area contributed by atoms with Gasteiger partial charge in [0.2, 0.25) is 0 Å². The van der Waals surface area contributed by atoms with Crippen molar-refractivity contribution < 1.29 is 0 Å². The number of rotatable bonds is 9. The van der Waals surface area contributed by atoms with Gasteiger partial charge in [0.15, 0.2) is 0 Å². The van der Waals surface area contributed by atoms with Gasteiger partial charge in [-0.05, 0) is 127 Å². The molecule has 0 atom stereocenters. The van der Waals surface area contributed by atoms with E-state index in [2.05, 4.69) is 289 Å². The Morgan fingerprint density at radius 1 is 0.229 bits per heavy atom. The zero-order valence-electron chi connectivity index (χ0n) is 38.5. The summed E-state index contributed by atoms with van der Waals surface area (Å²) in [5.74, 6) is 0. The van der Waals surface area contributed by atoms with Crippen molar-refractivity contribution in [3.8, 4) is 61.3 Å². The lowest BCUT2D eigenvalue weighted by Crippen LogP contribution is -2.10. The third-order valence-electron chi connectivity index (χ3n) is 14.0. The van der Waals surface area contributed by atoms with Crippen molar-refractivity contribution in [2.45, 2.75) is 0 Å². The Kier molecular flexibility index (Phi) is 10.2. The highest BCUT2D eigenvalue weighted by molar-refractivity contribution is 6.11. The van der Waals surface area contributed by atoms with Gasteiger partial charge in [0.1, 0.15) is 0 Å². The molecule has 70 heavy (non-hydrogen) atoms. The summed E-state index contributed by atoms with van der Waals surface area (Å²) >= 11 is 0. The van der Waals surface area contributed by atoms with Crippen LogP contribution in [-0.4, -0.2) is 4.57 Å². The lowest BCUT2D eigenvalue weighted by molar-refractivity contribution is 1.18. The van der Waals surface area contributed by atoms with Crippen molar-refractivity contribution in [3.63, 3.8) is 0 Å². The van der Waals surface area contributed by atoms with Gasteiger partial charge in [-0.2, -0.15) is 0 Å².